The number of amides is 4. The lowest BCUT2D eigenvalue weighted by Crippen LogP contribution is -2.62. The van der Waals surface area contributed by atoms with Crippen LogP contribution in [0.2, 0.25) is 0 Å². The van der Waals surface area contributed by atoms with E-state index in [1.165, 1.54) is 33.0 Å². The van der Waals surface area contributed by atoms with Crippen LogP contribution in [-0.4, -0.2) is 88.7 Å². The van der Waals surface area contributed by atoms with Gasteiger partial charge in [-0.1, -0.05) is 0 Å². The third-order valence-electron chi connectivity index (χ3n) is 7.38. The van der Waals surface area contributed by atoms with Crippen molar-refractivity contribution in [2.45, 2.75) is 87.6 Å². The molecule has 4 amide bonds. The van der Waals surface area contributed by atoms with Crippen molar-refractivity contribution in [3.8, 4) is 6.07 Å². The average molecular weight is 618 g/mol. The summed E-state index contributed by atoms with van der Waals surface area (Å²) in [4.78, 5) is 48.4. The van der Waals surface area contributed by atoms with Crippen molar-refractivity contribution in [3.05, 3.63) is 0 Å². The van der Waals surface area contributed by atoms with E-state index in [1.54, 1.807) is 6.07 Å². The third-order valence-corrected chi connectivity index (χ3v) is 8.13. The molecule has 0 radical (unpaired) electrons. The maximum Gasteiger partial charge on any atom is 0.471 e. The Kier molecular flexibility index (Phi) is 8.87. The highest BCUT2D eigenvalue weighted by Crippen LogP contribution is 2.69. The van der Waals surface area contributed by atoms with Gasteiger partial charge >= 0.3 is 18.3 Å². The smallest absolute Gasteiger partial charge is 0.370 e. The van der Waals surface area contributed by atoms with Gasteiger partial charge in [0.2, 0.25) is 17.7 Å². The molecule has 0 aromatic rings. The standard InChI is InChI=1S/C24H30ClF6N5O5/c1-10(41-21(2,3)4)15(35-20(40)23(26,27)28)19(39)36-9-13-14(22(13,25)24(29,30)31)16(36)18(38)34-12(8-32)7-11-5-6-33-17(11)37/h10-16H,5-7,9H2,1-4H3,(H,33,37)(H,34,38)(H,35,40)/t10?,11-,12-,13-,14-,15-,16-,22?/m0/s1. The SMILES string of the molecule is CC(OC(C)(C)C)[C@H](NC(=O)C(F)(F)F)C(=O)N1C[C@H]2[C@@H]([C@H]1C(=O)N[C@H](C#N)C[C@@H]1CCNC1=O)C2(Cl)C(F)(F)F. The van der Waals surface area contributed by atoms with E-state index in [0.717, 1.165) is 0 Å². The van der Waals surface area contributed by atoms with Gasteiger partial charge in [0, 0.05) is 30.8 Å². The van der Waals surface area contributed by atoms with Gasteiger partial charge in [-0.05, 0) is 40.5 Å². The lowest BCUT2D eigenvalue weighted by Gasteiger charge is -2.37. The fourth-order valence-corrected chi connectivity index (χ4v) is 5.98. The Bertz CT molecular complexity index is 1120. The van der Waals surface area contributed by atoms with Crippen molar-refractivity contribution in [1.29, 1.82) is 5.26 Å². The van der Waals surface area contributed by atoms with E-state index >= 15 is 0 Å². The molecule has 1 aliphatic carbocycles. The molecule has 0 aromatic heterocycles. The van der Waals surface area contributed by atoms with Crippen molar-refractivity contribution in [2.75, 3.05) is 13.1 Å². The molecule has 1 saturated carbocycles. The van der Waals surface area contributed by atoms with E-state index in [4.69, 9.17) is 16.3 Å². The molecule has 17 heteroatoms. The first-order chi connectivity index (χ1) is 18.6. The number of likely N-dealkylation sites (tertiary alicyclic amines) is 1. The molecular formula is C24H30ClF6N5O5. The number of carbonyl (C=O) groups is 4. The molecule has 3 aliphatic rings. The van der Waals surface area contributed by atoms with Crippen LogP contribution in [0.1, 0.15) is 40.5 Å². The van der Waals surface area contributed by atoms with Gasteiger partial charge in [-0.3, -0.25) is 19.2 Å². The van der Waals surface area contributed by atoms with Crippen LogP contribution in [0.4, 0.5) is 26.3 Å². The summed E-state index contributed by atoms with van der Waals surface area (Å²) in [5.74, 6) is -9.17. The van der Waals surface area contributed by atoms with Crippen LogP contribution in [0.5, 0.6) is 0 Å². The summed E-state index contributed by atoms with van der Waals surface area (Å²) in [5, 5.41) is 15.9. The summed E-state index contributed by atoms with van der Waals surface area (Å²) in [6.45, 7) is 5.34. The fourth-order valence-electron chi connectivity index (χ4n) is 5.56. The molecule has 2 aliphatic heterocycles. The van der Waals surface area contributed by atoms with Crippen molar-refractivity contribution in [2.24, 2.45) is 17.8 Å². The number of hydrogen-bond acceptors (Lipinski definition) is 6. The monoisotopic (exact) mass is 617 g/mol. The molecule has 2 heterocycles. The maximum absolute atomic E-state index is 13.9. The zero-order valence-corrected chi connectivity index (χ0v) is 23.2. The molecule has 0 bridgehead atoms. The lowest BCUT2D eigenvalue weighted by atomic mass is 9.98. The molecule has 3 N–H and O–H groups in total. The van der Waals surface area contributed by atoms with Crippen molar-refractivity contribution in [1.82, 2.24) is 20.9 Å². The molecular weight excluding hydrogens is 588 g/mol. The Hall–Kier alpha value is -2.80. The highest BCUT2D eigenvalue weighted by Gasteiger charge is 2.84. The number of piperidine rings is 1. The van der Waals surface area contributed by atoms with Crippen LogP contribution in [0, 0.1) is 29.1 Å². The largest absolute Gasteiger partial charge is 0.471 e. The summed E-state index contributed by atoms with van der Waals surface area (Å²) in [6.07, 6.45) is -11.6. The van der Waals surface area contributed by atoms with Gasteiger partial charge in [0.05, 0.1) is 17.8 Å². The van der Waals surface area contributed by atoms with E-state index in [0.29, 0.717) is 17.9 Å². The molecule has 2 saturated heterocycles. The average Bonchev–Trinajstić information content (AvgIpc) is 3.13. The fraction of sp³-hybridized carbons (Fsp3) is 0.792. The minimum absolute atomic E-state index is 0.158. The normalized spacial score (nSPS) is 30.0. The number of nitrogens with one attached hydrogen (secondary N) is 3. The predicted octanol–water partition coefficient (Wildman–Crippen LogP) is 1.77. The molecule has 230 valence electrons. The number of carbonyl (C=O) groups excluding carboxylic acids is 4. The first-order valence-corrected chi connectivity index (χ1v) is 13.1. The summed E-state index contributed by atoms with van der Waals surface area (Å²) >= 11 is 5.89. The van der Waals surface area contributed by atoms with Gasteiger partial charge in [-0.25, -0.2) is 0 Å². The van der Waals surface area contributed by atoms with Crippen LogP contribution in [0.3, 0.4) is 0 Å². The van der Waals surface area contributed by atoms with Gasteiger partial charge < -0.3 is 25.6 Å². The van der Waals surface area contributed by atoms with Gasteiger partial charge in [0.25, 0.3) is 0 Å². The molecule has 41 heavy (non-hydrogen) atoms. The summed E-state index contributed by atoms with van der Waals surface area (Å²) < 4.78 is 86.4. The Morgan fingerprint density at radius 1 is 1.20 bits per heavy atom. The van der Waals surface area contributed by atoms with Crippen molar-refractivity contribution < 1.29 is 50.3 Å². The lowest BCUT2D eigenvalue weighted by molar-refractivity contribution is -0.178. The predicted molar refractivity (Wildman–Crippen MR) is 129 cm³/mol. The van der Waals surface area contributed by atoms with Crippen molar-refractivity contribution >= 4 is 35.2 Å². The number of nitrogens with zero attached hydrogens (tertiary/aromatic N) is 2. The molecule has 3 rings (SSSR count). The third kappa shape index (κ3) is 6.66. The van der Waals surface area contributed by atoms with Gasteiger partial charge in [0.15, 0.2) is 4.87 Å². The van der Waals surface area contributed by atoms with Gasteiger partial charge in [-0.2, -0.15) is 31.6 Å². The number of rotatable bonds is 8. The topological polar surface area (TPSA) is 141 Å². The van der Waals surface area contributed by atoms with Crippen LogP contribution in [-0.2, 0) is 23.9 Å². The summed E-state index contributed by atoms with van der Waals surface area (Å²) in [5.41, 5.74) is -1.01. The second kappa shape index (κ2) is 11.1. The highest BCUT2D eigenvalue weighted by atomic mass is 35.5. The van der Waals surface area contributed by atoms with Crippen LogP contribution in [0.15, 0.2) is 0 Å². The Balaban J connectivity index is 1.92. The molecule has 8 atom stereocenters. The first kappa shape index (κ1) is 32.7. The number of halogens is 7. The van der Waals surface area contributed by atoms with E-state index < -0.39 is 89.1 Å². The molecule has 0 spiro atoms. The second-order valence-electron chi connectivity index (χ2n) is 11.4. The molecule has 10 nitrogen and oxygen atoms in total. The van der Waals surface area contributed by atoms with Crippen LogP contribution in [0.25, 0.3) is 0 Å². The molecule has 3 fully saturated rings. The maximum atomic E-state index is 13.9. The van der Waals surface area contributed by atoms with Gasteiger partial charge in [0.1, 0.15) is 18.1 Å². The second-order valence-corrected chi connectivity index (χ2v) is 12.0. The summed E-state index contributed by atoms with van der Waals surface area (Å²) in [7, 11) is 0. The Morgan fingerprint density at radius 2 is 1.80 bits per heavy atom. The zero-order chi connectivity index (χ0) is 31.3. The Morgan fingerprint density at radius 3 is 2.27 bits per heavy atom. The first-order valence-electron chi connectivity index (χ1n) is 12.7. The number of nitriles is 1. The zero-order valence-electron chi connectivity index (χ0n) is 22.5. The van der Waals surface area contributed by atoms with E-state index in [-0.39, 0.29) is 12.3 Å². The van der Waals surface area contributed by atoms with E-state index in [2.05, 4.69) is 10.6 Å². The summed E-state index contributed by atoms with van der Waals surface area (Å²) in [6, 6.07) is -3.54. The quantitative estimate of drug-likeness (QED) is 0.280. The number of fused-ring (bicyclic) bond motifs is 1. The molecule has 2 unspecified atom stereocenters. The minimum Gasteiger partial charge on any atom is -0.370 e. The van der Waals surface area contributed by atoms with Crippen LogP contribution >= 0.6 is 11.6 Å². The minimum atomic E-state index is -5.40. The Labute approximate surface area is 236 Å². The van der Waals surface area contributed by atoms with E-state index in [9.17, 15) is 50.8 Å². The van der Waals surface area contributed by atoms with Crippen LogP contribution < -0.4 is 16.0 Å². The number of hydrogen-bond donors (Lipinski definition) is 3. The molecule has 0 aromatic carbocycles. The number of alkyl halides is 7. The number of ether oxygens (including phenoxy) is 1. The van der Waals surface area contributed by atoms with E-state index in [1.807, 2.05) is 0 Å². The highest BCUT2D eigenvalue weighted by molar-refractivity contribution is 6.28. The van der Waals surface area contributed by atoms with Gasteiger partial charge in [-0.15, -0.1) is 11.6 Å². The van der Waals surface area contributed by atoms with Crippen molar-refractivity contribution in [3.63, 3.8) is 0 Å².